The number of unbranched alkanes of at least 4 members (excludes halogenated alkanes) is 4. The number of hydrogen-bond donors (Lipinski definition) is 2. The maximum Gasteiger partial charge on any atom is 0.449 e. The summed E-state index contributed by atoms with van der Waals surface area (Å²) in [7, 11) is 0. The van der Waals surface area contributed by atoms with Crippen LogP contribution in [0.1, 0.15) is 102 Å². The molecular weight excluding hydrogens is 545 g/mol. The van der Waals surface area contributed by atoms with Crippen molar-refractivity contribution >= 4 is 22.7 Å². The van der Waals surface area contributed by atoms with Crippen LogP contribution in [0.15, 0.2) is 23.0 Å². The predicted molar refractivity (Wildman–Crippen MR) is 153 cm³/mol. The van der Waals surface area contributed by atoms with Gasteiger partial charge in [-0.1, -0.05) is 51.5 Å². The van der Waals surface area contributed by atoms with E-state index in [-0.39, 0.29) is 29.3 Å². The molecule has 7 nitrogen and oxygen atoms in total. The largest absolute Gasteiger partial charge is 0.449 e. The summed E-state index contributed by atoms with van der Waals surface area (Å²) in [6, 6.07) is 3.53. The quantitative estimate of drug-likeness (QED) is 0.243. The number of nitrogens with one attached hydrogen (secondary N) is 2. The van der Waals surface area contributed by atoms with E-state index in [0.717, 1.165) is 38.1 Å². The molecular formula is C32H39F3N4O3. The van der Waals surface area contributed by atoms with Crippen molar-refractivity contribution in [3.8, 4) is 11.8 Å². The lowest BCUT2D eigenvalue weighted by Gasteiger charge is -2.39. The molecule has 1 unspecified atom stereocenters. The Bertz CT molecular complexity index is 1500. The van der Waals surface area contributed by atoms with Crippen LogP contribution in [0.4, 0.5) is 13.2 Å². The smallest absolute Gasteiger partial charge is 0.313 e. The fourth-order valence-electron chi connectivity index (χ4n) is 7.40. The zero-order valence-electron chi connectivity index (χ0n) is 24.5. The summed E-state index contributed by atoms with van der Waals surface area (Å²) in [5.41, 5.74) is -0.0764. The van der Waals surface area contributed by atoms with Crippen molar-refractivity contribution in [1.29, 1.82) is 0 Å². The van der Waals surface area contributed by atoms with Gasteiger partial charge in [0.25, 0.3) is 5.56 Å². The van der Waals surface area contributed by atoms with Crippen molar-refractivity contribution in [3.05, 3.63) is 39.9 Å². The Morgan fingerprint density at radius 1 is 1.10 bits per heavy atom. The van der Waals surface area contributed by atoms with Gasteiger partial charge in [-0.05, 0) is 74.0 Å². The number of piperidine rings is 1. The molecule has 3 aliphatic rings. The second-order valence-electron chi connectivity index (χ2n) is 12.9. The number of hydrogen-bond acceptors (Lipinski definition) is 5. The number of benzene rings is 1. The maximum absolute atomic E-state index is 13.9. The van der Waals surface area contributed by atoms with Crippen molar-refractivity contribution in [1.82, 2.24) is 20.2 Å². The predicted octanol–water partition coefficient (Wildman–Crippen LogP) is 5.50. The molecule has 0 radical (unpaired) electrons. The third kappa shape index (κ3) is 5.48. The van der Waals surface area contributed by atoms with Crippen LogP contribution in [-0.2, 0) is 15.8 Å². The third-order valence-corrected chi connectivity index (χ3v) is 10.3. The summed E-state index contributed by atoms with van der Waals surface area (Å²) in [5.74, 6) is 3.83. The molecule has 2 amide bonds. The second kappa shape index (κ2) is 11.5. The van der Waals surface area contributed by atoms with Gasteiger partial charge in [-0.2, -0.15) is 13.2 Å². The summed E-state index contributed by atoms with van der Waals surface area (Å²) < 4.78 is 42.1. The molecule has 3 fully saturated rings. The Morgan fingerprint density at radius 3 is 2.52 bits per heavy atom. The van der Waals surface area contributed by atoms with Gasteiger partial charge in [0, 0.05) is 24.4 Å². The minimum absolute atomic E-state index is 0.0636. The number of carbonyl (C=O) groups is 2. The molecule has 1 aromatic heterocycles. The molecule has 1 aromatic carbocycles. The van der Waals surface area contributed by atoms with Gasteiger partial charge in [-0.3, -0.25) is 24.3 Å². The first kappa shape index (κ1) is 30.3. The zero-order valence-corrected chi connectivity index (χ0v) is 24.5. The van der Waals surface area contributed by atoms with Crippen molar-refractivity contribution in [2.24, 2.45) is 16.7 Å². The average molecular weight is 585 g/mol. The summed E-state index contributed by atoms with van der Waals surface area (Å²) in [6.07, 6.45) is 3.24. The van der Waals surface area contributed by atoms with Crippen molar-refractivity contribution in [2.45, 2.75) is 103 Å². The molecule has 5 rings (SSSR count). The maximum atomic E-state index is 13.9. The number of imide groups is 1. The van der Waals surface area contributed by atoms with E-state index in [1.807, 2.05) is 5.32 Å². The summed E-state index contributed by atoms with van der Waals surface area (Å²) >= 11 is 0. The Kier molecular flexibility index (Phi) is 8.27. The van der Waals surface area contributed by atoms with E-state index in [4.69, 9.17) is 0 Å². The molecule has 1 aliphatic heterocycles. The molecule has 42 heavy (non-hydrogen) atoms. The standard InChI is InChI=1S/C32H39F3N4O3/c1-30(2)21-16-17-31(30,3)24(19-21)36-18-9-7-5-4-6-8-11-20-12-10-13-22-26(20)28(42)39(29(37-22)32(33,34)35)23-14-15-25(40)38-27(23)41/h10,12-13,21,23-24,36H,4-7,9,14-19H2,1-3H3,(H,38,40,41)/t21-,23?,24+,31+/m1/s1. The van der Waals surface area contributed by atoms with Gasteiger partial charge in [0.1, 0.15) is 6.04 Å². The van der Waals surface area contributed by atoms with E-state index in [2.05, 4.69) is 42.9 Å². The number of amides is 2. The Morgan fingerprint density at radius 2 is 1.86 bits per heavy atom. The van der Waals surface area contributed by atoms with Gasteiger partial charge < -0.3 is 5.32 Å². The molecule has 1 saturated heterocycles. The van der Waals surface area contributed by atoms with Gasteiger partial charge in [0.15, 0.2) is 0 Å². The van der Waals surface area contributed by atoms with Crippen LogP contribution in [0.2, 0.25) is 0 Å². The fraction of sp³-hybridized carbons (Fsp3) is 0.625. The van der Waals surface area contributed by atoms with Crippen LogP contribution in [-0.4, -0.2) is 34.0 Å². The Balaban J connectivity index is 1.21. The molecule has 2 aliphatic carbocycles. The summed E-state index contributed by atoms with van der Waals surface area (Å²) in [6.45, 7) is 8.31. The number of nitrogens with zero attached hydrogens (tertiary/aromatic N) is 2. The fourth-order valence-corrected chi connectivity index (χ4v) is 7.40. The molecule has 2 heterocycles. The molecule has 226 valence electrons. The van der Waals surface area contributed by atoms with Crippen molar-refractivity contribution in [2.75, 3.05) is 6.54 Å². The van der Waals surface area contributed by atoms with Crippen LogP contribution < -0.4 is 16.2 Å². The van der Waals surface area contributed by atoms with E-state index in [0.29, 0.717) is 27.9 Å². The van der Waals surface area contributed by atoms with Gasteiger partial charge in [0.2, 0.25) is 17.6 Å². The topological polar surface area (TPSA) is 93.1 Å². The van der Waals surface area contributed by atoms with E-state index >= 15 is 0 Å². The molecule has 2 aromatic rings. The van der Waals surface area contributed by atoms with Gasteiger partial charge in [0.05, 0.1) is 10.9 Å². The Hall–Kier alpha value is -3.19. The number of halogens is 3. The van der Waals surface area contributed by atoms with Crippen molar-refractivity contribution in [3.63, 3.8) is 0 Å². The highest BCUT2D eigenvalue weighted by atomic mass is 19.4. The number of aromatic nitrogens is 2. The van der Waals surface area contributed by atoms with Crippen LogP contribution in [0.25, 0.3) is 10.9 Å². The van der Waals surface area contributed by atoms with Gasteiger partial charge >= 0.3 is 6.18 Å². The SMILES string of the molecule is CC1(C)[C@@H]2CC[C@@]1(C)[C@@H](NCCCCCCC#Cc1cccc3nc(C(F)(F)F)n(C4CCC(=O)NC4=O)c(=O)c13)C2. The third-order valence-electron chi connectivity index (χ3n) is 10.3. The molecule has 2 saturated carbocycles. The molecule has 2 N–H and O–H groups in total. The highest BCUT2D eigenvalue weighted by molar-refractivity contribution is 5.99. The lowest BCUT2D eigenvalue weighted by Crippen LogP contribution is -2.46. The lowest BCUT2D eigenvalue weighted by atomic mass is 9.69. The molecule has 4 atom stereocenters. The number of fused-ring (bicyclic) bond motifs is 3. The lowest BCUT2D eigenvalue weighted by molar-refractivity contribution is -0.150. The van der Waals surface area contributed by atoms with Gasteiger partial charge in [-0.15, -0.1) is 0 Å². The minimum Gasteiger partial charge on any atom is -0.313 e. The van der Waals surface area contributed by atoms with E-state index < -0.39 is 35.4 Å². The highest BCUT2D eigenvalue weighted by Crippen LogP contribution is 2.65. The molecule has 2 bridgehead atoms. The summed E-state index contributed by atoms with van der Waals surface area (Å²) in [5, 5.41) is 5.78. The highest BCUT2D eigenvalue weighted by Gasteiger charge is 2.60. The van der Waals surface area contributed by atoms with Crippen LogP contribution in [0.3, 0.4) is 0 Å². The molecule has 10 heteroatoms. The summed E-state index contributed by atoms with van der Waals surface area (Å²) in [4.78, 5) is 41.2. The zero-order chi connectivity index (χ0) is 30.3. The van der Waals surface area contributed by atoms with E-state index in [1.54, 1.807) is 6.07 Å². The first-order chi connectivity index (χ1) is 19.8. The van der Waals surface area contributed by atoms with E-state index in [9.17, 15) is 27.6 Å². The average Bonchev–Trinajstić information content (AvgIpc) is 3.25. The van der Waals surface area contributed by atoms with Crippen LogP contribution >= 0.6 is 0 Å². The number of carbonyl (C=O) groups excluding carboxylic acids is 2. The minimum atomic E-state index is -4.97. The number of alkyl halides is 3. The molecule has 0 spiro atoms. The van der Waals surface area contributed by atoms with Crippen LogP contribution in [0.5, 0.6) is 0 Å². The van der Waals surface area contributed by atoms with Crippen molar-refractivity contribution < 1.29 is 22.8 Å². The Labute approximate surface area is 244 Å². The number of rotatable bonds is 8. The first-order valence-electron chi connectivity index (χ1n) is 15.0. The first-order valence-corrected chi connectivity index (χ1v) is 15.0. The second-order valence-corrected chi connectivity index (χ2v) is 12.9. The van der Waals surface area contributed by atoms with Gasteiger partial charge in [-0.25, -0.2) is 4.98 Å². The van der Waals surface area contributed by atoms with E-state index in [1.165, 1.54) is 31.4 Å². The normalized spacial score (nSPS) is 26.8. The van der Waals surface area contributed by atoms with Crippen LogP contribution in [0, 0.1) is 28.6 Å². The monoisotopic (exact) mass is 584 g/mol.